The number of piperidine rings is 1. The van der Waals surface area contributed by atoms with Gasteiger partial charge in [0.15, 0.2) is 5.69 Å². The molecule has 0 spiro atoms. The Morgan fingerprint density at radius 1 is 1.06 bits per heavy atom. The Morgan fingerprint density at radius 2 is 1.77 bits per heavy atom. The molecule has 2 aliphatic rings. The number of rotatable bonds is 5. The summed E-state index contributed by atoms with van der Waals surface area (Å²) in [6.45, 7) is 3.75. The highest BCUT2D eigenvalue weighted by atomic mass is 35.5. The number of nitrogens with one attached hydrogen (secondary N) is 1. The van der Waals surface area contributed by atoms with E-state index >= 15 is 0 Å². The van der Waals surface area contributed by atoms with Gasteiger partial charge in [-0.05, 0) is 62.4 Å². The largest absolute Gasteiger partial charge is 0.296 e. The minimum Gasteiger partial charge on any atom is -0.296 e. The number of halogens is 3. The second-order valence-corrected chi connectivity index (χ2v) is 9.13. The second kappa shape index (κ2) is 9.78. The van der Waals surface area contributed by atoms with Crippen molar-refractivity contribution in [3.8, 4) is 5.69 Å². The molecule has 2 heterocycles. The highest BCUT2D eigenvalue weighted by Gasteiger charge is 2.27. The van der Waals surface area contributed by atoms with Gasteiger partial charge in [-0.15, -0.1) is 0 Å². The number of amides is 1. The average molecular weight is 480 g/mol. The standard InChI is InChI=1S/C23H25Cl3N4O/c1-2-20-21(23(31)28-29-12-4-3-5-13-29)27-22(18-11-8-16(25)14-19(18)26)30(20)17-9-6-15(24)7-10-17/h6-7,9-10,14H,2-5,8,11-13H2,1H3,(H,28,31). The van der Waals surface area contributed by atoms with Crippen LogP contribution >= 0.6 is 34.8 Å². The molecule has 0 atom stereocenters. The molecule has 31 heavy (non-hydrogen) atoms. The zero-order chi connectivity index (χ0) is 22.0. The van der Waals surface area contributed by atoms with Gasteiger partial charge in [-0.2, -0.15) is 0 Å². The molecular formula is C23H25Cl3N4O. The highest BCUT2D eigenvalue weighted by molar-refractivity contribution is 6.37. The minimum atomic E-state index is -0.186. The molecule has 8 heteroatoms. The molecule has 4 rings (SSSR count). The first kappa shape index (κ1) is 22.4. The van der Waals surface area contributed by atoms with Crippen LogP contribution in [-0.2, 0) is 6.42 Å². The van der Waals surface area contributed by atoms with Gasteiger partial charge in [0.2, 0.25) is 0 Å². The van der Waals surface area contributed by atoms with Crippen LogP contribution in [0.25, 0.3) is 11.3 Å². The number of benzene rings is 1. The molecule has 1 fully saturated rings. The maximum atomic E-state index is 13.2. The first-order valence-corrected chi connectivity index (χ1v) is 11.8. The molecule has 1 amide bonds. The number of carbonyl (C=O) groups excluding carboxylic acids is 1. The van der Waals surface area contributed by atoms with E-state index in [2.05, 4.69) is 5.43 Å². The number of hydrazine groups is 1. The maximum Gasteiger partial charge on any atom is 0.286 e. The summed E-state index contributed by atoms with van der Waals surface area (Å²) in [7, 11) is 0. The lowest BCUT2D eigenvalue weighted by Gasteiger charge is -2.26. The average Bonchev–Trinajstić information content (AvgIpc) is 3.14. The van der Waals surface area contributed by atoms with Crippen LogP contribution < -0.4 is 5.43 Å². The van der Waals surface area contributed by atoms with Gasteiger partial charge in [0, 0.05) is 39.4 Å². The third-order valence-electron chi connectivity index (χ3n) is 5.68. The first-order chi connectivity index (χ1) is 15.0. The van der Waals surface area contributed by atoms with E-state index in [1.807, 2.05) is 40.8 Å². The summed E-state index contributed by atoms with van der Waals surface area (Å²) >= 11 is 18.9. The summed E-state index contributed by atoms with van der Waals surface area (Å²) < 4.78 is 2.02. The molecule has 164 valence electrons. The monoisotopic (exact) mass is 478 g/mol. The highest BCUT2D eigenvalue weighted by Crippen LogP contribution is 2.36. The van der Waals surface area contributed by atoms with Gasteiger partial charge >= 0.3 is 0 Å². The van der Waals surface area contributed by atoms with Gasteiger partial charge in [-0.25, -0.2) is 9.99 Å². The zero-order valence-electron chi connectivity index (χ0n) is 17.4. The molecule has 0 unspecified atom stereocenters. The van der Waals surface area contributed by atoms with Crippen molar-refractivity contribution in [1.82, 2.24) is 20.0 Å². The molecule has 0 saturated carbocycles. The van der Waals surface area contributed by atoms with Gasteiger partial charge in [0.05, 0.1) is 5.69 Å². The van der Waals surface area contributed by atoms with Crippen molar-refractivity contribution in [2.75, 3.05) is 13.1 Å². The van der Waals surface area contributed by atoms with E-state index < -0.39 is 0 Å². The normalized spacial score (nSPS) is 17.6. The lowest BCUT2D eigenvalue weighted by Crippen LogP contribution is -2.45. The van der Waals surface area contributed by atoms with Crippen LogP contribution in [0.5, 0.6) is 0 Å². The van der Waals surface area contributed by atoms with Crippen LogP contribution in [0.4, 0.5) is 0 Å². The molecule has 1 aromatic carbocycles. The molecule has 1 aliphatic carbocycles. The van der Waals surface area contributed by atoms with Crippen LogP contribution in [-0.4, -0.2) is 33.6 Å². The van der Waals surface area contributed by atoms with Crippen molar-refractivity contribution in [2.45, 2.75) is 45.4 Å². The zero-order valence-corrected chi connectivity index (χ0v) is 19.7. The van der Waals surface area contributed by atoms with Crippen LogP contribution in [0.15, 0.2) is 40.4 Å². The number of hydrogen-bond acceptors (Lipinski definition) is 3. The molecule has 2 aromatic rings. The van der Waals surface area contributed by atoms with Gasteiger partial charge < -0.3 is 0 Å². The fourth-order valence-electron chi connectivity index (χ4n) is 4.11. The van der Waals surface area contributed by atoms with Gasteiger partial charge in [0.25, 0.3) is 5.91 Å². The van der Waals surface area contributed by atoms with Gasteiger partial charge in [-0.3, -0.25) is 14.8 Å². The summed E-state index contributed by atoms with van der Waals surface area (Å²) in [6, 6.07) is 7.53. The van der Waals surface area contributed by atoms with E-state index in [9.17, 15) is 4.79 Å². The van der Waals surface area contributed by atoms with E-state index in [1.54, 1.807) is 6.08 Å². The summed E-state index contributed by atoms with van der Waals surface area (Å²) in [5.74, 6) is 0.488. The Labute approximate surface area is 197 Å². The number of aromatic nitrogens is 2. The lowest BCUT2D eigenvalue weighted by atomic mass is 10.0. The SMILES string of the molecule is CCc1c(C(=O)NN2CCCCC2)nc(C2=C(Cl)C=C(Cl)CC2)n1-c1ccc(Cl)cc1. The van der Waals surface area contributed by atoms with Crippen LogP contribution in [0.2, 0.25) is 5.02 Å². The Morgan fingerprint density at radius 3 is 2.42 bits per heavy atom. The Kier molecular flexibility index (Phi) is 7.07. The molecule has 0 bridgehead atoms. The molecule has 1 saturated heterocycles. The summed E-state index contributed by atoms with van der Waals surface area (Å²) in [5.41, 5.74) is 6.08. The molecule has 1 N–H and O–H groups in total. The van der Waals surface area contributed by atoms with Gasteiger partial charge in [0.1, 0.15) is 5.82 Å². The summed E-state index contributed by atoms with van der Waals surface area (Å²) in [5, 5.41) is 3.91. The Balaban J connectivity index is 1.82. The third-order valence-corrected chi connectivity index (χ3v) is 6.57. The van der Waals surface area contributed by atoms with Crippen LogP contribution in [0, 0.1) is 0 Å². The van der Waals surface area contributed by atoms with Crippen LogP contribution in [0.1, 0.15) is 61.0 Å². The van der Waals surface area contributed by atoms with Crippen molar-refractivity contribution in [1.29, 1.82) is 0 Å². The molecule has 1 aliphatic heterocycles. The fourth-order valence-corrected chi connectivity index (χ4v) is 4.81. The fraction of sp³-hybridized carbons (Fsp3) is 0.391. The molecular weight excluding hydrogens is 455 g/mol. The van der Waals surface area contributed by atoms with Crippen molar-refractivity contribution in [3.63, 3.8) is 0 Å². The Hall–Kier alpha value is -1.79. The van der Waals surface area contributed by atoms with E-state index in [0.29, 0.717) is 40.8 Å². The third kappa shape index (κ3) is 4.85. The minimum absolute atomic E-state index is 0.186. The smallest absolute Gasteiger partial charge is 0.286 e. The molecule has 0 radical (unpaired) electrons. The van der Waals surface area contributed by atoms with Crippen molar-refractivity contribution >= 4 is 46.3 Å². The van der Waals surface area contributed by atoms with E-state index in [4.69, 9.17) is 39.8 Å². The van der Waals surface area contributed by atoms with Crippen molar-refractivity contribution in [3.05, 3.63) is 62.6 Å². The number of hydrogen-bond donors (Lipinski definition) is 1. The summed E-state index contributed by atoms with van der Waals surface area (Å²) in [4.78, 5) is 18.0. The number of imidazole rings is 1. The number of nitrogens with zero attached hydrogens (tertiary/aromatic N) is 3. The predicted molar refractivity (Wildman–Crippen MR) is 127 cm³/mol. The Bertz CT molecular complexity index is 1030. The van der Waals surface area contributed by atoms with E-state index in [0.717, 1.165) is 47.9 Å². The summed E-state index contributed by atoms with van der Waals surface area (Å²) in [6.07, 6.45) is 7.13. The number of allylic oxidation sites excluding steroid dienone is 4. The molecule has 5 nitrogen and oxygen atoms in total. The quantitative estimate of drug-likeness (QED) is 0.565. The topological polar surface area (TPSA) is 50.2 Å². The van der Waals surface area contributed by atoms with E-state index in [1.165, 1.54) is 6.42 Å². The molecule has 1 aromatic heterocycles. The second-order valence-electron chi connectivity index (χ2n) is 7.80. The van der Waals surface area contributed by atoms with Crippen LogP contribution in [0.3, 0.4) is 0 Å². The first-order valence-electron chi connectivity index (χ1n) is 10.7. The van der Waals surface area contributed by atoms with Gasteiger partial charge in [-0.1, -0.05) is 48.1 Å². The number of carbonyl (C=O) groups is 1. The van der Waals surface area contributed by atoms with E-state index in [-0.39, 0.29) is 5.91 Å². The maximum absolute atomic E-state index is 13.2. The predicted octanol–water partition coefficient (Wildman–Crippen LogP) is 6.09. The van der Waals surface area contributed by atoms with Crippen molar-refractivity contribution in [2.24, 2.45) is 0 Å². The lowest BCUT2D eigenvalue weighted by molar-refractivity contribution is 0.0744. The van der Waals surface area contributed by atoms with Crippen molar-refractivity contribution < 1.29 is 4.79 Å².